The number of carbonyl (C=O) groups is 1. The summed E-state index contributed by atoms with van der Waals surface area (Å²) in [5.41, 5.74) is 0.576. The van der Waals surface area contributed by atoms with E-state index in [0.29, 0.717) is 12.5 Å². The molecule has 1 amide bonds. The molecule has 0 heterocycles. The fourth-order valence-electron chi connectivity index (χ4n) is 2.05. The number of halogens is 1. The van der Waals surface area contributed by atoms with Crippen molar-refractivity contribution in [2.75, 3.05) is 27.2 Å². The minimum absolute atomic E-state index is 0.116. The largest absolute Gasteiger partial charge is 0.375 e. The lowest BCUT2D eigenvalue weighted by atomic mass is 10.1. The first kappa shape index (κ1) is 19.9. The van der Waals surface area contributed by atoms with Gasteiger partial charge in [0.2, 0.25) is 5.91 Å². The molecule has 1 unspecified atom stereocenters. The van der Waals surface area contributed by atoms with E-state index in [0.717, 1.165) is 5.56 Å². The SMILES string of the molecule is CN=C(NCC(=O)NC(C)(C)C)NCC(OC)c1ccc(F)cc1. The van der Waals surface area contributed by atoms with Gasteiger partial charge in [-0.2, -0.15) is 0 Å². The van der Waals surface area contributed by atoms with Crippen LogP contribution >= 0.6 is 0 Å². The van der Waals surface area contributed by atoms with Gasteiger partial charge in [-0.3, -0.25) is 9.79 Å². The van der Waals surface area contributed by atoms with Gasteiger partial charge in [-0.25, -0.2) is 4.39 Å². The molecular formula is C17H27FN4O2. The molecule has 0 bridgehead atoms. The zero-order valence-electron chi connectivity index (χ0n) is 14.9. The zero-order valence-corrected chi connectivity index (χ0v) is 14.9. The normalized spacial score (nSPS) is 13.3. The van der Waals surface area contributed by atoms with Crippen molar-refractivity contribution in [3.63, 3.8) is 0 Å². The van der Waals surface area contributed by atoms with Gasteiger partial charge < -0.3 is 20.7 Å². The molecule has 0 aliphatic heterocycles. The standard InChI is InChI=1S/C17H27FN4O2/c1-17(2,3)22-15(23)11-21-16(19-4)20-10-14(24-5)12-6-8-13(18)9-7-12/h6-9,14H,10-11H2,1-5H3,(H,22,23)(H2,19,20,21). The second-order valence-electron chi connectivity index (χ2n) is 6.38. The second kappa shape index (κ2) is 9.22. The highest BCUT2D eigenvalue weighted by molar-refractivity contribution is 5.86. The number of aliphatic imine (C=N–C) groups is 1. The molecule has 0 saturated heterocycles. The van der Waals surface area contributed by atoms with Crippen LogP contribution < -0.4 is 16.0 Å². The second-order valence-corrected chi connectivity index (χ2v) is 6.38. The highest BCUT2D eigenvalue weighted by Gasteiger charge is 2.15. The Morgan fingerprint density at radius 1 is 1.25 bits per heavy atom. The van der Waals surface area contributed by atoms with Crippen LogP contribution in [0.15, 0.2) is 29.3 Å². The van der Waals surface area contributed by atoms with Gasteiger partial charge in [0.25, 0.3) is 0 Å². The number of hydrogen-bond donors (Lipinski definition) is 3. The van der Waals surface area contributed by atoms with Crippen molar-refractivity contribution in [2.45, 2.75) is 32.4 Å². The van der Waals surface area contributed by atoms with Crippen molar-refractivity contribution in [3.05, 3.63) is 35.6 Å². The molecule has 1 aromatic carbocycles. The minimum Gasteiger partial charge on any atom is -0.375 e. The lowest BCUT2D eigenvalue weighted by Crippen LogP contribution is -2.48. The molecule has 0 spiro atoms. The van der Waals surface area contributed by atoms with E-state index in [2.05, 4.69) is 20.9 Å². The third-order valence-electron chi connectivity index (χ3n) is 3.14. The fraction of sp³-hybridized carbons (Fsp3) is 0.529. The van der Waals surface area contributed by atoms with Gasteiger partial charge in [0.15, 0.2) is 5.96 Å². The van der Waals surface area contributed by atoms with E-state index in [9.17, 15) is 9.18 Å². The molecule has 0 aromatic heterocycles. The molecule has 0 saturated carbocycles. The van der Waals surface area contributed by atoms with Crippen LogP contribution in [0.3, 0.4) is 0 Å². The molecule has 3 N–H and O–H groups in total. The Bertz CT molecular complexity index is 553. The number of nitrogens with zero attached hydrogens (tertiary/aromatic N) is 1. The molecule has 7 heteroatoms. The molecule has 0 aliphatic carbocycles. The average molecular weight is 338 g/mol. The fourth-order valence-corrected chi connectivity index (χ4v) is 2.05. The molecule has 6 nitrogen and oxygen atoms in total. The predicted molar refractivity (Wildman–Crippen MR) is 93.4 cm³/mol. The smallest absolute Gasteiger partial charge is 0.239 e. The van der Waals surface area contributed by atoms with Crippen LogP contribution in [0.1, 0.15) is 32.4 Å². The van der Waals surface area contributed by atoms with Crippen molar-refractivity contribution >= 4 is 11.9 Å². The summed E-state index contributed by atoms with van der Waals surface area (Å²) >= 11 is 0. The number of hydrogen-bond acceptors (Lipinski definition) is 3. The molecule has 0 fully saturated rings. The van der Waals surface area contributed by atoms with E-state index in [1.54, 1.807) is 26.3 Å². The summed E-state index contributed by atoms with van der Waals surface area (Å²) in [5.74, 6) is 0.0828. The van der Waals surface area contributed by atoms with Crippen molar-refractivity contribution in [3.8, 4) is 0 Å². The summed E-state index contributed by atoms with van der Waals surface area (Å²) in [5, 5.41) is 8.90. The van der Waals surface area contributed by atoms with Gasteiger partial charge in [-0.15, -0.1) is 0 Å². The van der Waals surface area contributed by atoms with E-state index in [-0.39, 0.29) is 29.9 Å². The number of benzene rings is 1. The maximum absolute atomic E-state index is 13.0. The summed E-state index contributed by atoms with van der Waals surface area (Å²) in [6, 6.07) is 6.15. The van der Waals surface area contributed by atoms with E-state index < -0.39 is 0 Å². The van der Waals surface area contributed by atoms with Crippen LogP contribution in [-0.4, -0.2) is 44.7 Å². The minimum atomic E-state index is -0.288. The van der Waals surface area contributed by atoms with E-state index in [4.69, 9.17) is 4.74 Å². The number of rotatable bonds is 6. The third kappa shape index (κ3) is 7.41. The Labute approximate surface area is 142 Å². The maximum atomic E-state index is 13.0. The van der Waals surface area contributed by atoms with Gasteiger partial charge in [0.05, 0.1) is 12.6 Å². The van der Waals surface area contributed by atoms with Crippen molar-refractivity contribution in [2.24, 2.45) is 4.99 Å². The number of methoxy groups -OCH3 is 1. The van der Waals surface area contributed by atoms with Crippen molar-refractivity contribution in [1.29, 1.82) is 0 Å². The molecule has 1 aromatic rings. The molecule has 1 atom stereocenters. The summed E-state index contributed by atoms with van der Waals surface area (Å²) in [4.78, 5) is 15.9. The van der Waals surface area contributed by atoms with Gasteiger partial charge in [0, 0.05) is 26.2 Å². The molecule has 0 radical (unpaired) electrons. The summed E-state index contributed by atoms with van der Waals surface area (Å²) < 4.78 is 18.4. The lowest BCUT2D eigenvalue weighted by molar-refractivity contribution is -0.121. The van der Waals surface area contributed by atoms with Gasteiger partial charge in [0.1, 0.15) is 5.82 Å². The number of guanidine groups is 1. The first-order valence-electron chi connectivity index (χ1n) is 7.79. The van der Waals surface area contributed by atoms with Crippen LogP contribution in [0.2, 0.25) is 0 Å². The predicted octanol–water partition coefficient (Wildman–Crippen LogP) is 1.59. The Hall–Kier alpha value is -2.15. The number of carbonyl (C=O) groups excluding carboxylic acids is 1. The highest BCUT2D eigenvalue weighted by Crippen LogP contribution is 2.15. The van der Waals surface area contributed by atoms with Crippen LogP contribution in [0.5, 0.6) is 0 Å². The third-order valence-corrected chi connectivity index (χ3v) is 3.14. The van der Waals surface area contributed by atoms with Crippen molar-refractivity contribution < 1.29 is 13.9 Å². The molecule has 0 aliphatic rings. The van der Waals surface area contributed by atoms with Crippen LogP contribution in [0.25, 0.3) is 0 Å². The quantitative estimate of drug-likeness (QED) is 0.544. The van der Waals surface area contributed by atoms with Gasteiger partial charge in [-0.1, -0.05) is 12.1 Å². The van der Waals surface area contributed by atoms with Crippen LogP contribution in [0.4, 0.5) is 4.39 Å². The Balaban J connectivity index is 2.50. The first-order valence-corrected chi connectivity index (χ1v) is 7.79. The van der Waals surface area contributed by atoms with Gasteiger partial charge >= 0.3 is 0 Å². The van der Waals surface area contributed by atoms with Gasteiger partial charge in [-0.05, 0) is 38.5 Å². The number of ether oxygens (including phenoxy) is 1. The van der Waals surface area contributed by atoms with E-state index >= 15 is 0 Å². The Morgan fingerprint density at radius 3 is 2.38 bits per heavy atom. The maximum Gasteiger partial charge on any atom is 0.239 e. The van der Waals surface area contributed by atoms with Crippen LogP contribution in [0, 0.1) is 5.82 Å². The zero-order chi connectivity index (χ0) is 18.2. The summed E-state index contributed by atoms with van der Waals surface area (Å²) in [6.07, 6.45) is -0.257. The Kier molecular flexibility index (Phi) is 7.64. The highest BCUT2D eigenvalue weighted by atomic mass is 19.1. The van der Waals surface area contributed by atoms with Crippen LogP contribution in [-0.2, 0) is 9.53 Å². The topological polar surface area (TPSA) is 74.8 Å². The molecule has 24 heavy (non-hydrogen) atoms. The number of amides is 1. The van der Waals surface area contributed by atoms with E-state index in [1.165, 1.54) is 12.1 Å². The lowest BCUT2D eigenvalue weighted by Gasteiger charge is -2.22. The number of nitrogens with one attached hydrogen (secondary N) is 3. The monoisotopic (exact) mass is 338 g/mol. The van der Waals surface area contributed by atoms with E-state index in [1.807, 2.05) is 20.8 Å². The average Bonchev–Trinajstić information content (AvgIpc) is 2.50. The van der Waals surface area contributed by atoms with Crippen molar-refractivity contribution in [1.82, 2.24) is 16.0 Å². The summed E-state index contributed by atoms with van der Waals surface area (Å²) in [6.45, 7) is 6.31. The molecular weight excluding hydrogens is 311 g/mol. The Morgan fingerprint density at radius 2 is 1.88 bits per heavy atom. The summed E-state index contributed by atoms with van der Waals surface area (Å²) in [7, 11) is 3.21. The first-order chi connectivity index (χ1) is 11.2. The molecule has 1 rings (SSSR count). The molecule has 134 valence electrons.